The first kappa shape index (κ1) is 21.0. The van der Waals surface area contributed by atoms with Crippen LogP contribution in [0.1, 0.15) is 5.82 Å². The van der Waals surface area contributed by atoms with Crippen LogP contribution in [0.4, 0.5) is 22.7 Å². The lowest BCUT2D eigenvalue weighted by atomic mass is 10.2. The van der Waals surface area contributed by atoms with Crippen LogP contribution in [0.5, 0.6) is 0 Å². The van der Waals surface area contributed by atoms with Gasteiger partial charge in [0, 0.05) is 51.1 Å². The van der Waals surface area contributed by atoms with Crippen LogP contribution in [0.3, 0.4) is 0 Å². The van der Waals surface area contributed by atoms with Crippen molar-refractivity contribution < 1.29 is 10.0 Å². The molecule has 0 radical (unpaired) electrons. The van der Waals surface area contributed by atoms with Crippen molar-refractivity contribution in [2.45, 2.75) is 6.92 Å². The number of nitrogens with zero attached hydrogens (tertiary/aromatic N) is 7. The number of benzene rings is 1. The van der Waals surface area contributed by atoms with E-state index < -0.39 is 4.92 Å². The zero-order chi connectivity index (χ0) is 21.8. The maximum atomic E-state index is 10.8. The monoisotopic (exact) mass is 442 g/mol. The Kier molecular flexibility index (Phi) is 6.30. The Morgan fingerprint density at radius 2 is 1.90 bits per heavy atom. The first-order chi connectivity index (χ1) is 15.0. The van der Waals surface area contributed by atoms with Crippen LogP contribution in [-0.4, -0.2) is 74.2 Å². The number of nitro benzene ring substituents is 1. The lowest BCUT2D eigenvalue weighted by Crippen LogP contribution is -2.47. The second-order valence-electron chi connectivity index (χ2n) is 7.02. The van der Waals surface area contributed by atoms with Crippen molar-refractivity contribution in [1.29, 1.82) is 0 Å². The van der Waals surface area contributed by atoms with Gasteiger partial charge in [0.15, 0.2) is 5.13 Å². The summed E-state index contributed by atoms with van der Waals surface area (Å²) in [6, 6.07) is 6.36. The molecule has 12 heteroatoms. The molecular weight excluding hydrogens is 420 g/mol. The fraction of sp³-hybridized carbons (Fsp3) is 0.368. The van der Waals surface area contributed by atoms with E-state index >= 15 is 0 Å². The van der Waals surface area contributed by atoms with E-state index in [9.17, 15) is 10.1 Å². The number of anilines is 3. The second-order valence-corrected chi connectivity index (χ2v) is 8.05. The minimum Gasteiger partial charge on any atom is -0.395 e. The Balaban J connectivity index is 1.46. The molecule has 0 spiro atoms. The number of rotatable bonds is 7. The predicted octanol–water partition coefficient (Wildman–Crippen LogP) is 2.07. The quantitative estimate of drug-likeness (QED) is 0.414. The molecule has 0 atom stereocenters. The topological polar surface area (TPSA) is 133 Å². The summed E-state index contributed by atoms with van der Waals surface area (Å²) in [6.45, 7) is 5.92. The maximum Gasteiger partial charge on any atom is 0.269 e. The fourth-order valence-electron chi connectivity index (χ4n) is 3.29. The van der Waals surface area contributed by atoms with Crippen LogP contribution in [-0.2, 0) is 0 Å². The summed E-state index contributed by atoms with van der Waals surface area (Å²) >= 11 is 1.41. The molecular formula is C19H22N8O3S. The van der Waals surface area contributed by atoms with Crippen LogP contribution in [0.25, 0.3) is 10.4 Å². The summed E-state index contributed by atoms with van der Waals surface area (Å²) in [7, 11) is 0. The smallest absolute Gasteiger partial charge is 0.269 e. The van der Waals surface area contributed by atoms with Crippen LogP contribution in [0.2, 0.25) is 0 Å². The van der Waals surface area contributed by atoms with E-state index in [1.165, 1.54) is 23.5 Å². The van der Waals surface area contributed by atoms with Gasteiger partial charge in [-0.1, -0.05) is 11.3 Å². The molecule has 3 heterocycles. The standard InChI is InChI=1S/C19H22N8O3S/c1-13-21-17(23-18(22-13)26-8-6-25(7-9-26)10-11-28)24-19-20-12-16(31-19)14-2-4-15(5-3-14)27(29)30/h2-5,12,28H,6-11H2,1H3,(H,20,21,22,23,24). The number of non-ortho nitro benzene ring substituents is 1. The summed E-state index contributed by atoms with van der Waals surface area (Å²) in [5.41, 5.74) is 0.904. The molecule has 0 bridgehead atoms. The van der Waals surface area contributed by atoms with Crippen molar-refractivity contribution in [3.05, 3.63) is 46.4 Å². The summed E-state index contributed by atoms with van der Waals surface area (Å²) in [6.07, 6.45) is 1.71. The number of aliphatic hydroxyl groups excluding tert-OH is 1. The van der Waals surface area contributed by atoms with Gasteiger partial charge < -0.3 is 10.0 Å². The number of hydrogen-bond donors (Lipinski definition) is 2. The number of thiazole rings is 1. The maximum absolute atomic E-state index is 10.8. The van der Waals surface area contributed by atoms with E-state index in [2.05, 4.69) is 35.1 Å². The lowest BCUT2D eigenvalue weighted by molar-refractivity contribution is -0.384. The van der Waals surface area contributed by atoms with Gasteiger partial charge in [-0.2, -0.15) is 15.0 Å². The molecule has 0 saturated carbocycles. The molecule has 1 aliphatic rings. The summed E-state index contributed by atoms with van der Waals surface area (Å²) in [5.74, 6) is 1.65. The predicted molar refractivity (Wildman–Crippen MR) is 118 cm³/mol. The Morgan fingerprint density at radius 3 is 2.58 bits per heavy atom. The van der Waals surface area contributed by atoms with E-state index in [0.29, 0.717) is 29.4 Å². The summed E-state index contributed by atoms with van der Waals surface area (Å²) < 4.78 is 0. The SMILES string of the molecule is Cc1nc(Nc2ncc(-c3ccc([N+](=O)[O-])cc3)s2)nc(N2CCN(CCO)CC2)n1. The highest BCUT2D eigenvalue weighted by Crippen LogP contribution is 2.31. The van der Waals surface area contributed by atoms with Gasteiger partial charge in [-0.3, -0.25) is 20.3 Å². The van der Waals surface area contributed by atoms with Crippen molar-refractivity contribution in [3.63, 3.8) is 0 Å². The van der Waals surface area contributed by atoms with Crippen LogP contribution in [0, 0.1) is 17.0 Å². The highest BCUT2D eigenvalue weighted by atomic mass is 32.1. The molecule has 11 nitrogen and oxygen atoms in total. The third kappa shape index (κ3) is 5.10. The minimum atomic E-state index is -0.420. The van der Waals surface area contributed by atoms with Crippen molar-refractivity contribution in [2.75, 3.05) is 49.5 Å². The summed E-state index contributed by atoms with van der Waals surface area (Å²) in [4.78, 5) is 33.4. The highest BCUT2D eigenvalue weighted by Gasteiger charge is 2.20. The van der Waals surface area contributed by atoms with E-state index in [1.54, 1.807) is 18.3 Å². The molecule has 2 N–H and O–H groups in total. The first-order valence-electron chi connectivity index (χ1n) is 9.80. The first-order valence-corrected chi connectivity index (χ1v) is 10.6. The molecule has 1 aliphatic heterocycles. The number of aliphatic hydroxyl groups is 1. The molecule has 0 unspecified atom stereocenters. The highest BCUT2D eigenvalue weighted by molar-refractivity contribution is 7.18. The zero-order valence-corrected chi connectivity index (χ0v) is 17.7. The van der Waals surface area contributed by atoms with E-state index in [1.807, 2.05) is 6.92 Å². The van der Waals surface area contributed by atoms with Gasteiger partial charge in [0.05, 0.1) is 16.4 Å². The average molecular weight is 443 g/mol. The summed E-state index contributed by atoms with van der Waals surface area (Å²) in [5, 5.41) is 23.7. The minimum absolute atomic E-state index is 0.0528. The van der Waals surface area contributed by atoms with Crippen LogP contribution in [0.15, 0.2) is 30.5 Å². The Hall–Kier alpha value is -3.22. The van der Waals surface area contributed by atoms with Gasteiger partial charge in [0.25, 0.3) is 5.69 Å². The number of aromatic nitrogens is 4. The van der Waals surface area contributed by atoms with Crippen molar-refractivity contribution in [1.82, 2.24) is 24.8 Å². The van der Waals surface area contributed by atoms with E-state index in [4.69, 9.17) is 5.11 Å². The number of β-amino-alcohol motifs (C(OH)–C–C–N with tert-alkyl or cyclic N) is 1. The number of piperazine rings is 1. The third-order valence-electron chi connectivity index (χ3n) is 4.89. The molecule has 162 valence electrons. The Bertz CT molecular complexity index is 1050. The fourth-order valence-corrected chi connectivity index (χ4v) is 4.10. The molecule has 0 aliphatic carbocycles. The second kappa shape index (κ2) is 9.29. The van der Waals surface area contributed by atoms with Gasteiger partial charge in [-0.05, 0) is 24.6 Å². The normalized spacial score (nSPS) is 14.6. The molecule has 31 heavy (non-hydrogen) atoms. The molecule has 0 amide bonds. The number of aryl methyl sites for hydroxylation is 1. The molecule has 1 fully saturated rings. The molecule has 2 aromatic heterocycles. The van der Waals surface area contributed by atoms with Crippen LogP contribution >= 0.6 is 11.3 Å². The largest absolute Gasteiger partial charge is 0.395 e. The number of hydrogen-bond acceptors (Lipinski definition) is 11. The lowest BCUT2D eigenvalue weighted by Gasteiger charge is -2.34. The molecule has 1 saturated heterocycles. The van der Waals surface area contributed by atoms with Crippen molar-refractivity contribution >= 4 is 34.1 Å². The van der Waals surface area contributed by atoms with E-state index in [0.717, 1.165) is 36.6 Å². The number of nitrogens with one attached hydrogen (secondary N) is 1. The zero-order valence-electron chi connectivity index (χ0n) is 16.9. The average Bonchev–Trinajstić information content (AvgIpc) is 3.22. The van der Waals surface area contributed by atoms with Gasteiger partial charge in [0.1, 0.15) is 5.82 Å². The van der Waals surface area contributed by atoms with Gasteiger partial charge >= 0.3 is 0 Å². The van der Waals surface area contributed by atoms with E-state index in [-0.39, 0.29) is 12.3 Å². The molecule has 1 aromatic carbocycles. The van der Waals surface area contributed by atoms with Crippen LogP contribution < -0.4 is 10.2 Å². The Morgan fingerprint density at radius 1 is 1.16 bits per heavy atom. The third-order valence-corrected chi connectivity index (χ3v) is 5.86. The van der Waals surface area contributed by atoms with Crippen molar-refractivity contribution in [3.8, 4) is 10.4 Å². The van der Waals surface area contributed by atoms with Gasteiger partial charge in [0.2, 0.25) is 11.9 Å². The molecule has 4 rings (SSSR count). The number of nitro groups is 1. The molecule has 3 aromatic rings. The van der Waals surface area contributed by atoms with Gasteiger partial charge in [-0.25, -0.2) is 4.98 Å². The van der Waals surface area contributed by atoms with Gasteiger partial charge in [-0.15, -0.1) is 0 Å². The van der Waals surface area contributed by atoms with Crippen molar-refractivity contribution in [2.24, 2.45) is 0 Å². The Labute approximate surface area is 182 Å².